The van der Waals surface area contributed by atoms with Gasteiger partial charge < -0.3 is 14.7 Å². The van der Waals surface area contributed by atoms with Crippen LogP contribution in [-0.4, -0.2) is 40.1 Å². The van der Waals surface area contributed by atoms with Crippen LogP contribution in [0, 0.1) is 0 Å². The molecule has 2 aliphatic rings. The highest BCUT2D eigenvalue weighted by molar-refractivity contribution is 6.05. The Morgan fingerprint density at radius 3 is 2.47 bits per heavy atom. The predicted molar refractivity (Wildman–Crippen MR) is 60.2 cm³/mol. The van der Waals surface area contributed by atoms with Crippen molar-refractivity contribution in [2.75, 3.05) is 6.54 Å². The van der Waals surface area contributed by atoms with E-state index < -0.39 is 23.2 Å². The van der Waals surface area contributed by atoms with Crippen molar-refractivity contribution < 1.29 is 19.4 Å². The topological polar surface area (TPSA) is 66.8 Å². The zero-order valence-corrected chi connectivity index (χ0v) is 10.3. The molecular formula is C12H17NO4. The Kier molecular flexibility index (Phi) is 2.64. The van der Waals surface area contributed by atoms with Crippen LogP contribution in [-0.2, 0) is 14.3 Å². The molecule has 1 N–H and O–H groups in total. The van der Waals surface area contributed by atoms with Gasteiger partial charge >= 0.3 is 5.97 Å². The summed E-state index contributed by atoms with van der Waals surface area (Å²) in [4.78, 5) is 25.0. The van der Waals surface area contributed by atoms with Gasteiger partial charge in [-0.3, -0.25) is 4.79 Å². The number of hydrogen-bond donors (Lipinski definition) is 1. The van der Waals surface area contributed by atoms with Gasteiger partial charge in [0.15, 0.2) is 5.76 Å². The third kappa shape index (κ3) is 2.43. The first-order valence-electron chi connectivity index (χ1n) is 5.76. The van der Waals surface area contributed by atoms with Crippen LogP contribution < -0.4 is 0 Å². The number of hydrogen-bond acceptors (Lipinski definition) is 4. The Labute approximate surface area is 100 Å². The molecule has 0 unspecified atom stereocenters. The third-order valence-corrected chi connectivity index (χ3v) is 2.71. The molecule has 1 heterocycles. The monoisotopic (exact) mass is 239 g/mol. The van der Waals surface area contributed by atoms with E-state index in [0.717, 1.165) is 12.8 Å². The summed E-state index contributed by atoms with van der Waals surface area (Å²) in [6.07, 6.45) is 1.89. The highest BCUT2D eigenvalue weighted by atomic mass is 16.6. The molecule has 0 bridgehead atoms. The molecule has 0 aromatic heterocycles. The fourth-order valence-electron chi connectivity index (χ4n) is 1.76. The number of nitrogens with zero attached hydrogens (tertiary/aromatic N) is 1. The first kappa shape index (κ1) is 12.0. The molecule has 5 nitrogen and oxygen atoms in total. The SMILES string of the molecule is CC(C)(C)OC(=O)C1=C(O)C(=O)N(C2CC2)C1. The largest absolute Gasteiger partial charge is 0.503 e. The Bertz CT molecular complexity index is 401. The number of aliphatic hydroxyl groups excluding tert-OH is 1. The molecule has 17 heavy (non-hydrogen) atoms. The van der Waals surface area contributed by atoms with E-state index >= 15 is 0 Å². The van der Waals surface area contributed by atoms with Gasteiger partial charge in [-0.05, 0) is 33.6 Å². The van der Waals surface area contributed by atoms with Crippen molar-refractivity contribution in [3.8, 4) is 0 Å². The summed E-state index contributed by atoms with van der Waals surface area (Å²) in [5.74, 6) is -1.51. The maximum Gasteiger partial charge on any atom is 0.340 e. The lowest BCUT2D eigenvalue weighted by Gasteiger charge is -2.20. The molecule has 1 aliphatic carbocycles. The summed E-state index contributed by atoms with van der Waals surface area (Å²) in [7, 11) is 0. The average molecular weight is 239 g/mol. The standard InChI is InChI=1S/C12H17NO4/c1-12(2,3)17-11(16)8-6-13(7-4-5-7)10(15)9(8)14/h7,14H,4-6H2,1-3H3. The first-order valence-corrected chi connectivity index (χ1v) is 5.76. The van der Waals surface area contributed by atoms with Crippen LogP contribution in [0.4, 0.5) is 0 Å². The molecular weight excluding hydrogens is 222 g/mol. The van der Waals surface area contributed by atoms with Crippen molar-refractivity contribution in [2.24, 2.45) is 0 Å². The van der Waals surface area contributed by atoms with Crippen LogP contribution in [0.2, 0.25) is 0 Å². The number of esters is 1. The molecule has 1 aliphatic heterocycles. The van der Waals surface area contributed by atoms with Gasteiger partial charge in [-0.1, -0.05) is 0 Å². The quantitative estimate of drug-likeness (QED) is 0.734. The Morgan fingerprint density at radius 1 is 1.41 bits per heavy atom. The van der Waals surface area contributed by atoms with Crippen molar-refractivity contribution in [1.29, 1.82) is 0 Å². The van der Waals surface area contributed by atoms with Crippen LogP contribution in [0.5, 0.6) is 0 Å². The summed E-state index contributed by atoms with van der Waals surface area (Å²) in [6.45, 7) is 5.41. The van der Waals surface area contributed by atoms with Gasteiger partial charge in [-0.25, -0.2) is 4.79 Å². The zero-order chi connectivity index (χ0) is 12.8. The number of carbonyl (C=O) groups is 2. The second-order valence-corrected chi connectivity index (χ2v) is 5.49. The fraction of sp³-hybridized carbons (Fsp3) is 0.667. The number of ether oxygens (including phenoxy) is 1. The van der Waals surface area contributed by atoms with Gasteiger partial charge in [0, 0.05) is 6.04 Å². The number of rotatable bonds is 2. The van der Waals surface area contributed by atoms with Gasteiger partial charge in [-0.2, -0.15) is 0 Å². The molecule has 0 aromatic rings. The first-order chi connectivity index (χ1) is 7.79. The lowest BCUT2D eigenvalue weighted by atomic mass is 10.2. The van der Waals surface area contributed by atoms with Gasteiger partial charge in [0.1, 0.15) is 11.2 Å². The Balaban J connectivity index is 2.10. The van der Waals surface area contributed by atoms with Crippen molar-refractivity contribution in [2.45, 2.75) is 45.3 Å². The lowest BCUT2D eigenvalue weighted by Crippen LogP contribution is -2.30. The third-order valence-electron chi connectivity index (χ3n) is 2.71. The number of aliphatic hydroxyl groups is 1. The minimum atomic E-state index is -0.625. The highest BCUT2D eigenvalue weighted by Crippen LogP contribution is 2.32. The molecule has 1 fully saturated rings. The molecule has 0 aromatic carbocycles. The molecule has 1 amide bonds. The molecule has 5 heteroatoms. The average Bonchev–Trinajstić information content (AvgIpc) is 2.94. The molecule has 1 saturated carbocycles. The maximum atomic E-state index is 11.8. The van der Waals surface area contributed by atoms with Gasteiger partial charge in [0.05, 0.1) is 6.54 Å². The number of amides is 1. The van der Waals surface area contributed by atoms with E-state index in [1.54, 1.807) is 20.8 Å². The summed E-state index contributed by atoms with van der Waals surface area (Å²) in [5, 5.41) is 9.66. The van der Waals surface area contributed by atoms with E-state index in [0.29, 0.717) is 0 Å². The van der Waals surface area contributed by atoms with Crippen LogP contribution >= 0.6 is 0 Å². The van der Waals surface area contributed by atoms with Crippen LogP contribution in [0.15, 0.2) is 11.3 Å². The normalized spacial score (nSPS) is 21.1. The summed E-state index contributed by atoms with van der Waals surface area (Å²) in [6, 6.07) is 0.185. The molecule has 2 rings (SSSR count). The van der Waals surface area contributed by atoms with Gasteiger partial charge in [0.2, 0.25) is 0 Å². The van der Waals surface area contributed by atoms with E-state index in [9.17, 15) is 14.7 Å². The Morgan fingerprint density at radius 2 is 2.00 bits per heavy atom. The summed E-state index contributed by atoms with van der Waals surface area (Å²) < 4.78 is 5.15. The highest BCUT2D eigenvalue weighted by Gasteiger charge is 2.42. The molecule has 94 valence electrons. The molecule has 0 radical (unpaired) electrons. The molecule has 0 spiro atoms. The maximum absolute atomic E-state index is 11.8. The Hall–Kier alpha value is -1.52. The smallest absolute Gasteiger partial charge is 0.340 e. The number of carbonyl (C=O) groups excluding carboxylic acids is 2. The lowest BCUT2D eigenvalue weighted by molar-refractivity contribution is -0.150. The summed E-state index contributed by atoms with van der Waals surface area (Å²) in [5.41, 5.74) is -0.544. The second kappa shape index (κ2) is 3.75. The second-order valence-electron chi connectivity index (χ2n) is 5.49. The van der Waals surface area contributed by atoms with Crippen molar-refractivity contribution >= 4 is 11.9 Å². The van der Waals surface area contributed by atoms with E-state index in [2.05, 4.69) is 0 Å². The van der Waals surface area contributed by atoms with Crippen molar-refractivity contribution in [3.63, 3.8) is 0 Å². The van der Waals surface area contributed by atoms with E-state index in [1.807, 2.05) is 0 Å². The molecule has 0 atom stereocenters. The van der Waals surface area contributed by atoms with Crippen molar-refractivity contribution in [1.82, 2.24) is 4.90 Å². The van der Waals surface area contributed by atoms with E-state index in [-0.39, 0.29) is 18.2 Å². The fourth-order valence-corrected chi connectivity index (χ4v) is 1.76. The molecule has 0 saturated heterocycles. The minimum absolute atomic E-state index is 0.0804. The van der Waals surface area contributed by atoms with Crippen LogP contribution in [0.25, 0.3) is 0 Å². The van der Waals surface area contributed by atoms with Gasteiger partial charge in [0.25, 0.3) is 5.91 Å². The summed E-state index contributed by atoms with van der Waals surface area (Å²) >= 11 is 0. The van der Waals surface area contributed by atoms with Crippen LogP contribution in [0.1, 0.15) is 33.6 Å². The van der Waals surface area contributed by atoms with Crippen LogP contribution in [0.3, 0.4) is 0 Å². The predicted octanol–water partition coefficient (Wildman–Crippen LogP) is 1.14. The van der Waals surface area contributed by atoms with Gasteiger partial charge in [-0.15, -0.1) is 0 Å². The van der Waals surface area contributed by atoms with E-state index in [4.69, 9.17) is 4.74 Å². The van der Waals surface area contributed by atoms with Crippen molar-refractivity contribution in [3.05, 3.63) is 11.3 Å². The minimum Gasteiger partial charge on any atom is -0.503 e. The van der Waals surface area contributed by atoms with E-state index in [1.165, 1.54) is 4.90 Å². The zero-order valence-electron chi connectivity index (χ0n) is 10.3.